The number of nitrogens with zero attached hydrogens (tertiary/aromatic N) is 2. The van der Waals surface area contributed by atoms with Gasteiger partial charge >= 0.3 is 0 Å². The molecule has 5 heteroatoms. The molecule has 1 saturated heterocycles. The van der Waals surface area contributed by atoms with Crippen molar-refractivity contribution >= 4 is 23.0 Å². The van der Waals surface area contributed by atoms with E-state index in [1.54, 1.807) is 18.1 Å². The topological polar surface area (TPSA) is 49.9 Å². The maximum Gasteiger partial charge on any atom is 0.300 e. The SMILES string of the molecule is COc1cc2c3c(c1)C(CN1CCCC[C@@H]1C)=CC(C)(C)N3C(=O)C2=O. The molecule has 0 aliphatic carbocycles. The van der Waals surface area contributed by atoms with E-state index < -0.39 is 17.2 Å². The number of methoxy groups -OCH3 is 1. The number of ether oxygens (including phenoxy) is 1. The summed E-state index contributed by atoms with van der Waals surface area (Å²) in [6.07, 6.45) is 5.88. The lowest BCUT2D eigenvalue weighted by Crippen LogP contribution is -2.48. The first kappa shape index (κ1) is 17.3. The van der Waals surface area contributed by atoms with Crippen molar-refractivity contribution in [1.29, 1.82) is 0 Å². The van der Waals surface area contributed by atoms with Crippen LogP contribution in [0.15, 0.2) is 18.2 Å². The predicted molar refractivity (Wildman–Crippen MR) is 102 cm³/mol. The fraction of sp³-hybridized carbons (Fsp3) is 0.524. The fourth-order valence-corrected chi connectivity index (χ4v) is 4.56. The maximum atomic E-state index is 12.6. The van der Waals surface area contributed by atoms with Gasteiger partial charge in [-0.05, 0) is 57.9 Å². The minimum absolute atomic E-state index is 0.436. The molecule has 3 aliphatic rings. The number of carbonyl (C=O) groups is 2. The zero-order chi connectivity index (χ0) is 18.6. The largest absolute Gasteiger partial charge is 0.497 e. The third-order valence-corrected chi connectivity index (χ3v) is 5.95. The number of piperidine rings is 1. The van der Waals surface area contributed by atoms with Crippen molar-refractivity contribution in [3.63, 3.8) is 0 Å². The van der Waals surface area contributed by atoms with Gasteiger partial charge in [-0.3, -0.25) is 19.4 Å². The number of benzene rings is 1. The summed E-state index contributed by atoms with van der Waals surface area (Å²) >= 11 is 0. The predicted octanol–water partition coefficient (Wildman–Crippen LogP) is 3.27. The van der Waals surface area contributed by atoms with Crippen LogP contribution in [0.1, 0.15) is 56.0 Å². The minimum Gasteiger partial charge on any atom is -0.497 e. The van der Waals surface area contributed by atoms with Gasteiger partial charge in [-0.2, -0.15) is 0 Å². The van der Waals surface area contributed by atoms with Crippen molar-refractivity contribution < 1.29 is 14.3 Å². The molecule has 1 amide bonds. The number of hydrogen-bond donors (Lipinski definition) is 0. The normalized spacial score (nSPS) is 24.5. The van der Waals surface area contributed by atoms with Crippen molar-refractivity contribution in [2.75, 3.05) is 25.1 Å². The summed E-state index contributed by atoms with van der Waals surface area (Å²) in [5, 5.41) is 0. The molecule has 3 heterocycles. The van der Waals surface area contributed by atoms with Crippen LogP contribution in [0.25, 0.3) is 5.57 Å². The Bertz CT molecular complexity index is 825. The Morgan fingerprint density at radius 1 is 1.19 bits per heavy atom. The number of carbonyl (C=O) groups excluding carboxylic acids is 2. The van der Waals surface area contributed by atoms with Crippen LogP contribution in [0.3, 0.4) is 0 Å². The second kappa shape index (κ2) is 5.95. The standard InChI is InChI=1S/C21H26N2O3/c1-13-7-5-6-8-22(13)12-14-11-21(2,3)23-18-16(14)9-15(26-4)10-17(18)19(24)20(23)25/h9-11,13H,5-8,12H2,1-4H3/t13-/m0/s1. The highest BCUT2D eigenvalue weighted by molar-refractivity contribution is 6.53. The molecule has 4 rings (SSSR count). The van der Waals surface area contributed by atoms with E-state index >= 15 is 0 Å². The van der Waals surface area contributed by atoms with E-state index in [4.69, 9.17) is 4.74 Å². The summed E-state index contributed by atoms with van der Waals surface area (Å²) in [6, 6.07) is 4.21. The van der Waals surface area contributed by atoms with E-state index in [0.29, 0.717) is 17.4 Å². The van der Waals surface area contributed by atoms with Crippen molar-refractivity contribution in [2.45, 2.75) is 51.6 Å². The van der Waals surface area contributed by atoms with Crippen molar-refractivity contribution in [1.82, 2.24) is 4.90 Å². The molecule has 0 spiro atoms. The molecule has 1 fully saturated rings. The molecular weight excluding hydrogens is 328 g/mol. The van der Waals surface area contributed by atoms with Crippen molar-refractivity contribution in [3.05, 3.63) is 29.3 Å². The molecule has 1 aromatic carbocycles. The number of Topliss-reactive ketones (excluding diaryl/α,β-unsaturated/α-hetero) is 1. The first-order chi connectivity index (χ1) is 12.3. The number of amides is 1. The lowest BCUT2D eigenvalue weighted by molar-refractivity contribution is -0.115. The first-order valence-electron chi connectivity index (χ1n) is 9.40. The van der Waals surface area contributed by atoms with Crippen molar-refractivity contribution in [2.24, 2.45) is 0 Å². The summed E-state index contributed by atoms with van der Waals surface area (Å²) in [5.74, 6) is -0.255. The van der Waals surface area contributed by atoms with Crippen LogP contribution in [-0.2, 0) is 4.79 Å². The highest BCUT2D eigenvalue weighted by Crippen LogP contribution is 2.47. The molecule has 138 valence electrons. The molecule has 26 heavy (non-hydrogen) atoms. The van der Waals surface area contributed by atoms with Gasteiger partial charge in [0.25, 0.3) is 11.7 Å². The van der Waals surface area contributed by atoms with E-state index in [9.17, 15) is 9.59 Å². The van der Waals surface area contributed by atoms with Gasteiger partial charge in [-0.1, -0.05) is 12.5 Å². The number of ketones is 1. The van der Waals surface area contributed by atoms with Gasteiger partial charge in [-0.15, -0.1) is 0 Å². The summed E-state index contributed by atoms with van der Waals surface area (Å²) < 4.78 is 5.41. The Morgan fingerprint density at radius 2 is 1.92 bits per heavy atom. The highest BCUT2D eigenvalue weighted by Gasteiger charge is 2.47. The molecule has 1 atom stereocenters. The third-order valence-electron chi connectivity index (χ3n) is 5.95. The Hall–Kier alpha value is -2.14. The number of likely N-dealkylation sites (tertiary alicyclic amines) is 1. The number of anilines is 1. The van der Waals surface area contributed by atoms with Gasteiger partial charge in [0, 0.05) is 18.2 Å². The molecular formula is C21H26N2O3. The number of rotatable bonds is 3. The highest BCUT2D eigenvalue weighted by atomic mass is 16.5. The lowest BCUT2D eigenvalue weighted by atomic mass is 9.87. The van der Waals surface area contributed by atoms with Crippen molar-refractivity contribution in [3.8, 4) is 5.75 Å². The zero-order valence-corrected chi connectivity index (χ0v) is 16.0. The first-order valence-corrected chi connectivity index (χ1v) is 9.40. The van der Waals surface area contributed by atoms with Gasteiger partial charge in [0.2, 0.25) is 0 Å². The van der Waals surface area contributed by atoms with Crippen LogP contribution in [0.2, 0.25) is 0 Å². The molecule has 0 N–H and O–H groups in total. The van der Waals surface area contributed by atoms with Gasteiger partial charge in [0.1, 0.15) is 5.75 Å². The molecule has 0 aromatic heterocycles. The molecule has 3 aliphatic heterocycles. The molecule has 0 unspecified atom stereocenters. The molecule has 1 aromatic rings. The summed E-state index contributed by atoms with van der Waals surface area (Å²) in [4.78, 5) is 29.4. The minimum atomic E-state index is -0.520. The summed E-state index contributed by atoms with van der Waals surface area (Å²) in [5.41, 5.74) is 2.84. The molecule has 0 radical (unpaired) electrons. The van der Waals surface area contributed by atoms with Gasteiger partial charge in [0.05, 0.1) is 23.9 Å². The van der Waals surface area contributed by atoms with E-state index in [0.717, 1.165) is 24.3 Å². The Balaban J connectivity index is 1.84. The van der Waals surface area contributed by atoms with Crippen LogP contribution >= 0.6 is 0 Å². The average Bonchev–Trinajstić information content (AvgIpc) is 2.86. The van der Waals surface area contributed by atoms with E-state index in [2.05, 4.69) is 17.9 Å². The zero-order valence-electron chi connectivity index (χ0n) is 16.0. The summed E-state index contributed by atoms with van der Waals surface area (Å²) in [6.45, 7) is 8.20. The Morgan fingerprint density at radius 3 is 2.62 bits per heavy atom. The number of hydrogen-bond acceptors (Lipinski definition) is 4. The quantitative estimate of drug-likeness (QED) is 0.782. The summed E-state index contributed by atoms with van der Waals surface area (Å²) in [7, 11) is 1.59. The molecule has 0 saturated carbocycles. The lowest BCUT2D eigenvalue weighted by Gasteiger charge is -2.41. The Kier molecular flexibility index (Phi) is 3.95. The van der Waals surface area contributed by atoms with Crippen LogP contribution in [0.4, 0.5) is 5.69 Å². The second-order valence-corrected chi connectivity index (χ2v) is 8.18. The van der Waals surface area contributed by atoms with Crippen LogP contribution in [-0.4, -0.2) is 48.4 Å². The van der Waals surface area contributed by atoms with E-state index in [-0.39, 0.29) is 0 Å². The monoisotopic (exact) mass is 354 g/mol. The maximum absolute atomic E-state index is 12.6. The van der Waals surface area contributed by atoms with Gasteiger partial charge in [-0.25, -0.2) is 0 Å². The smallest absolute Gasteiger partial charge is 0.300 e. The van der Waals surface area contributed by atoms with Gasteiger partial charge in [0.15, 0.2) is 0 Å². The third kappa shape index (κ3) is 2.49. The van der Waals surface area contributed by atoms with Crippen LogP contribution in [0.5, 0.6) is 5.75 Å². The van der Waals surface area contributed by atoms with E-state index in [1.165, 1.54) is 24.8 Å². The van der Waals surface area contributed by atoms with Crippen LogP contribution < -0.4 is 9.64 Å². The second-order valence-electron chi connectivity index (χ2n) is 8.18. The Labute approximate surface area is 154 Å². The fourth-order valence-electron chi connectivity index (χ4n) is 4.56. The van der Waals surface area contributed by atoms with Gasteiger partial charge < -0.3 is 4.74 Å². The van der Waals surface area contributed by atoms with Crippen LogP contribution in [0, 0.1) is 0 Å². The molecule has 5 nitrogen and oxygen atoms in total. The van der Waals surface area contributed by atoms with E-state index in [1.807, 2.05) is 19.9 Å². The molecule has 0 bridgehead atoms. The average molecular weight is 354 g/mol.